The van der Waals surface area contributed by atoms with E-state index in [2.05, 4.69) is 19.3 Å². The van der Waals surface area contributed by atoms with Crippen molar-refractivity contribution in [1.29, 1.82) is 0 Å². The minimum atomic E-state index is -0.512. The fraction of sp³-hybridized carbons (Fsp3) is 0.588. The first-order chi connectivity index (χ1) is 10.5. The molecule has 1 aromatic carbocycles. The Morgan fingerprint density at radius 3 is 2.57 bits per heavy atom. The highest BCUT2D eigenvalue weighted by Gasteiger charge is 2.38. The molecule has 6 heteroatoms. The fourth-order valence-electron chi connectivity index (χ4n) is 3.10. The van der Waals surface area contributed by atoms with E-state index in [1.54, 1.807) is 11.5 Å². The van der Waals surface area contributed by atoms with Gasteiger partial charge in [-0.3, -0.25) is 10.0 Å². The van der Waals surface area contributed by atoms with E-state index in [9.17, 15) is 9.70 Å². The summed E-state index contributed by atoms with van der Waals surface area (Å²) in [6.45, 7) is 9.82. The molecule has 1 unspecified atom stereocenters. The number of fused-ring (bicyclic) bond motifs is 1. The second kappa shape index (κ2) is 5.92. The van der Waals surface area contributed by atoms with E-state index >= 15 is 0 Å². The Morgan fingerprint density at radius 2 is 2.00 bits per heavy atom. The molecule has 0 aromatic heterocycles. The number of hydroxylamine groups is 1. The maximum atomic E-state index is 12.2. The number of benzene rings is 1. The zero-order valence-corrected chi connectivity index (χ0v) is 14.4. The second-order valence-electron chi connectivity index (χ2n) is 7.90. The smallest absolute Gasteiger partial charge is 0.274 e. The maximum absolute atomic E-state index is 12.2. The van der Waals surface area contributed by atoms with Crippen LogP contribution in [0.1, 0.15) is 62.5 Å². The SMILES string of the molecule is CC1(C)CC(N[N+](=O)C(C)(C)C)Cc2ccc(C(=O)NO)cc21. The van der Waals surface area contributed by atoms with Crippen LogP contribution in [-0.4, -0.2) is 27.6 Å². The molecule has 0 spiro atoms. The van der Waals surface area contributed by atoms with Gasteiger partial charge in [0.2, 0.25) is 5.54 Å². The van der Waals surface area contributed by atoms with E-state index in [1.165, 1.54) is 0 Å². The van der Waals surface area contributed by atoms with E-state index < -0.39 is 11.4 Å². The number of carbonyl (C=O) groups excluding carboxylic acids is 1. The van der Waals surface area contributed by atoms with Crippen LogP contribution in [0, 0.1) is 4.91 Å². The number of nitrogens with one attached hydrogen (secondary N) is 2. The monoisotopic (exact) mass is 320 g/mol. The fourth-order valence-corrected chi connectivity index (χ4v) is 3.10. The zero-order valence-electron chi connectivity index (χ0n) is 14.4. The largest absolute Gasteiger partial charge is 0.288 e. The number of rotatable bonds is 3. The Labute approximate surface area is 136 Å². The normalized spacial score (nSPS) is 19.7. The highest BCUT2D eigenvalue weighted by molar-refractivity contribution is 5.93. The summed E-state index contributed by atoms with van der Waals surface area (Å²) in [4.78, 5) is 24.7. The van der Waals surface area contributed by atoms with Gasteiger partial charge in [-0.05, 0) is 41.5 Å². The summed E-state index contributed by atoms with van der Waals surface area (Å²) < 4.78 is 0. The van der Waals surface area contributed by atoms with Crippen LogP contribution < -0.4 is 10.9 Å². The van der Waals surface area contributed by atoms with Crippen molar-refractivity contribution in [1.82, 2.24) is 10.9 Å². The summed E-state index contributed by atoms with van der Waals surface area (Å²) in [7, 11) is 0. The van der Waals surface area contributed by atoms with E-state index in [0.29, 0.717) is 5.56 Å². The molecule has 0 heterocycles. The van der Waals surface area contributed by atoms with E-state index in [1.807, 2.05) is 32.9 Å². The van der Waals surface area contributed by atoms with Gasteiger partial charge in [-0.2, -0.15) is 0 Å². The molecule has 1 aromatic rings. The molecule has 0 radical (unpaired) electrons. The van der Waals surface area contributed by atoms with Crippen LogP contribution in [0.25, 0.3) is 0 Å². The van der Waals surface area contributed by atoms with Gasteiger partial charge in [-0.25, -0.2) is 5.48 Å². The Balaban J connectivity index is 2.27. The predicted octanol–water partition coefficient (Wildman–Crippen LogP) is 2.48. The van der Waals surface area contributed by atoms with Crippen LogP contribution in [-0.2, 0) is 11.8 Å². The number of hydrazine groups is 1. The maximum Gasteiger partial charge on any atom is 0.274 e. The summed E-state index contributed by atoms with van der Waals surface area (Å²) >= 11 is 0. The second-order valence-corrected chi connectivity index (χ2v) is 7.90. The Hall–Kier alpha value is -1.95. The molecule has 1 atom stereocenters. The molecule has 0 fully saturated rings. The lowest BCUT2D eigenvalue weighted by molar-refractivity contribution is -0.673. The molecule has 0 saturated heterocycles. The average molecular weight is 320 g/mol. The van der Waals surface area contributed by atoms with Crippen LogP contribution in [0.15, 0.2) is 18.2 Å². The van der Waals surface area contributed by atoms with Crippen molar-refractivity contribution in [2.45, 2.75) is 64.5 Å². The van der Waals surface area contributed by atoms with E-state index in [0.717, 1.165) is 28.8 Å². The number of nitroso groups, excluding NO2 is 1. The molecule has 1 amide bonds. The van der Waals surface area contributed by atoms with Crippen molar-refractivity contribution in [2.24, 2.45) is 0 Å². The van der Waals surface area contributed by atoms with Gasteiger partial charge in [-0.1, -0.05) is 19.9 Å². The predicted molar refractivity (Wildman–Crippen MR) is 87.3 cm³/mol. The van der Waals surface area contributed by atoms with Crippen molar-refractivity contribution in [3.8, 4) is 0 Å². The number of nitrogens with zero attached hydrogens (tertiary/aromatic N) is 1. The number of hydrogen-bond acceptors (Lipinski definition) is 3. The molecule has 3 N–H and O–H groups in total. The third-order valence-electron chi connectivity index (χ3n) is 4.33. The summed E-state index contributed by atoms with van der Waals surface area (Å²) in [5, 5.41) is 8.79. The molecule has 0 bridgehead atoms. The third kappa shape index (κ3) is 3.69. The summed E-state index contributed by atoms with van der Waals surface area (Å²) in [6.07, 6.45) is 1.52. The molecular formula is C17H26N3O3+. The molecule has 23 heavy (non-hydrogen) atoms. The standard InChI is InChI=1S/C17H25N3O3/c1-16(2,3)20(23)18-13-8-11-6-7-12(15(21)19-22)9-14(11)17(4,5)10-13/h6-7,9,13H,8,10H2,1-5H3,(H2-,18,19,21,22,23)/p+1. The van der Waals surface area contributed by atoms with Crippen LogP contribution in [0.5, 0.6) is 0 Å². The van der Waals surface area contributed by atoms with Gasteiger partial charge >= 0.3 is 0 Å². The first-order valence-electron chi connectivity index (χ1n) is 7.86. The molecule has 2 rings (SSSR count). The minimum Gasteiger partial charge on any atom is -0.288 e. The van der Waals surface area contributed by atoms with Crippen molar-refractivity contribution >= 4 is 5.91 Å². The lowest BCUT2D eigenvalue weighted by Gasteiger charge is -2.36. The Kier molecular flexibility index (Phi) is 4.48. The molecule has 0 saturated carbocycles. The van der Waals surface area contributed by atoms with E-state index in [-0.39, 0.29) is 11.5 Å². The van der Waals surface area contributed by atoms with Crippen LogP contribution in [0.4, 0.5) is 0 Å². The van der Waals surface area contributed by atoms with Gasteiger partial charge in [0.1, 0.15) is 4.87 Å². The van der Waals surface area contributed by atoms with Crippen molar-refractivity contribution in [2.75, 3.05) is 0 Å². The number of carbonyl (C=O) groups is 1. The topological polar surface area (TPSA) is 81.4 Å². The first-order valence-corrected chi connectivity index (χ1v) is 7.86. The molecular weight excluding hydrogens is 294 g/mol. The highest BCUT2D eigenvalue weighted by atomic mass is 16.5. The Bertz CT molecular complexity index is 632. The van der Waals surface area contributed by atoms with Crippen molar-refractivity contribution in [3.05, 3.63) is 39.8 Å². The first kappa shape index (κ1) is 17.4. The lowest BCUT2D eigenvalue weighted by Crippen LogP contribution is -2.50. The molecule has 6 nitrogen and oxygen atoms in total. The number of amides is 1. The van der Waals surface area contributed by atoms with Gasteiger partial charge in [-0.15, -0.1) is 5.43 Å². The molecule has 126 valence electrons. The van der Waals surface area contributed by atoms with Gasteiger partial charge < -0.3 is 0 Å². The zero-order chi connectivity index (χ0) is 17.4. The minimum absolute atomic E-state index is 0.0479. The highest BCUT2D eigenvalue weighted by Crippen LogP contribution is 2.37. The number of hydrogen-bond donors (Lipinski definition) is 3. The summed E-state index contributed by atoms with van der Waals surface area (Å²) in [5.74, 6) is -0.512. The average Bonchev–Trinajstić information content (AvgIpc) is 2.44. The van der Waals surface area contributed by atoms with E-state index in [4.69, 9.17) is 5.21 Å². The molecule has 1 aliphatic carbocycles. The van der Waals surface area contributed by atoms with Gasteiger partial charge in [0.05, 0.1) is 10.9 Å². The Morgan fingerprint density at radius 1 is 1.35 bits per heavy atom. The summed E-state index contributed by atoms with van der Waals surface area (Å²) in [5.41, 5.74) is 6.71. The van der Waals surface area contributed by atoms with Gasteiger partial charge in [0.15, 0.2) is 0 Å². The van der Waals surface area contributed by atoms with Crippen LogP contribution in [0.2, 0.25) is 0 Å². The molecule has 0 aliphatic heterocycles. The van der Waals surface area contributed by atoms with Crippen LogP contribution in [0.3, 0.4) is 0 Å². The quantitative estimate of drug-likeness (QED) is 0.454. The van der Waals surface area contributed by atoms with Crippen molar-refractivity contribution < 1.29 is 14.9 Å². The third-order valence-corrected chi connectivity index (χ3v) is 4.33. The summed E-state index contributed by atoms with van der Waals surface area (Å²) in [6, 6.07) is 5.48. The van der Waals surface area contributed by atoms with Gasteiger partial charge in [0.25, 0.3) is 5.91 Å². The van der Waals surface area contributed by atoms with Gasteiger partial charge in [0, 0.05) is 26.3 Å². The molecule has 1 aliphatic rings. The van der Waals surface area contributed by atoms with Crippen molar-refractivity contribution in [3.63, 3.8) is 0 Å². The lowest BCUT2D eigenvalue weighted by atomic mass is 9.70. The van der Waals surface area contributed by atoms with Crippen LogP contribution >= 0.6 is 0 Å².